The van der Waals surface area contributed by atoms with Gasteiger partial charge >= 0.3 is 0 Å². The Labute approximate surface area is 120 Å². The first-order valence-electron chi connectivity index (χ1n) is 7.25. The van der Waals surface area contributed by atoms with Gasteiger partial charge in [-0.3, -0.25) is 0 Å². The summed E-state index contributed by atoms with van der Waals surface area (Å²) < 4.78 is 12.9. The fraction of sp³-hybridized carbons (Fsp3) is 0.333. The predicted molar refractivity (Wildman–Crippen MR) is 82.2 cm³/mol. The number of hydrogen-bond acceptors (Lipinski definition) is 1. The van der Waals surface area contributed by atoms with Crippen LogP contribution in [0, 0.1) is 5.82 Å². The molecule has 0 amide bonds. The zero-order valence-corrected chi connectivity index (χ0v) is 12.2. The van der Waals surface area contributed by atoms with Gasteiger partial charge in [0.05, 0.1) is 0 Å². The van der Waals surface area contributed by atoms with Crippen molar-refractivity contribution in [3.63, 3.8) is 0 Å². The number of nitrogens with two attached hydrogens (primary N) is 1. The van der Waals surface area contributed by atoms with Gasteiger partial charge < -0.3 is 5.73 Å². The highest BCUT2D eigenvalue weighted by Gasteiger charge is 2.12. The molecule has 1 nitrogen and oxygen atoms in total. The van der Waals surface area contributed by atoms with Crippen molar-refractivity contribution >= 4 is 0 Å². The van der Waals surface area contributed by atoms with Gasteiger partial charge in [-0.25, -0.2) is 4.39 Å². The minimum atomic E-state index is -0.204. The van der Waals surface area contributed by atoms with Gasteiger partial charge in [0.1, 0.15) is 5.82 Å². The van der Waals surface area contributed by atoms with E-state index in [-0.39, 0.29) is 11.9 Å². The average Bonchev–Trinajstić information content (AvgIpc) is 2.48. The van der Waals surface area contributed by atoms with E-state index in [0.29, 0.717) is 0 Å². The molecule has 0 aromatic heterocycles. The smallest absolute Gasteiger partial charge is 0.123 e. The number of hydrogen-bond donors (Lipinski definition) is 1. The maximum atomic E-state index is 12.9. The monoisotopic (exact) mass is 271 g/mol. The molecule has 2 aromatic carbocycles. The van der Waals surface area contributed by atoms with Crippen LogP contribution in [-0.2, 0) is 19.3 Å². The maximum Gasteiger partial charge on any atom is 0.123 e. The molecule has 2 heteroatoms. The Morgan fingerprint density at radius 3 is 2.20 bits per heavy atom. The summed E-state index contributed by atoms with van der Waals surface area (Å²) >= 11 is 0. The van der Waals surface area contributed by atoms with E-state index in [1.54, 1.807) is 0 Å². The average molecular weight is 271 g/mol. The molecule has 0 bridgehead atoms. The Morgan fingerprint density at radius 2 is 1.60 bits per heavy atom. The van der Waals surface area contributed by atoms with Crippen molar-refractivity contribution in [1.82, 2.24) is 0 Å². The van der Waals surface area contributed by atoms with Crippen LogP contribution in [0.1, 0.15) is 42.1 Å². The Morgan fingerprint density at radius 1 is 0.950 bits per heavy atom. The molecule has 0 aliphatic rings. The first-order valence-corrected chi connectivity index (χ1v) is 7.25. The molecule has 0 spiro atoms. The summed E-state index contributed by atoms with van der Waals surface area (Å²) in [4.78, 5) is 0. The number of benzene rings is 2. The van der Waals surface area contributed by atoms with Crippen molar-refractivity contribution in [3.05, 3.63) is 70.5 Å². The Hall–Kier alpha value is -1.67. The van der Waals surface area contributed by atoms with Crippen LogP contribution >= 0.6 is 0 Å². The molecule has 106 valence electrons. The first-order chi connectivity index (χ1) is 9.63. The highest BCUT2D eigenvalue weighted by atomic mass is 19.1. The minimum absolute atomic E-state index is 0.0399. The highest BCUT2D eigenvalue weighted by Crippen LogP contribution is 2.22. The number of rotatable bonds is 5. The van der Waals surface area contributed by atoms with Crippen LogP contribution in [0.25, 0.3) is 0 Å². The van der Waals surface area contributed by atoms with E-state index in [1.165, 1.54) is 28.8 Å². The molecule has 0 saturated heterocycles. The Kier molecular flexibility index (Phi) is 4.91. The molecule has 20 heavy (non-hydrogen) atoms. The molecule has 2 N–H and O–H groups in total. The molecule has 0 aliphatic carbocycles. The van der Waals surface area contributed by atoms with E-state index in [4.69, 9.17) is 5.73 Å². The second kappa shape index (κ2) is 6.67. The van der Waals surface area contributed by atoms with Crippen molar-refractivity contribution in [2.45, 2.75) is 39.2 Å². The van der Waals surface area contributed by atoms with Gasteiger partial charge in [-0.05, 0) is 53.6 Å². The summed E-state index contributed by atoms with van der Waals surface area (Å²) in [5.74, 6) is -0.204. The van der Waals surface area contributed by atoms with Gasteiger partial charge in [0.25, 0.3) is 0 Å². The molecule has 2 aromatic rings. The molecular formula is C18H22FN. The fourth-order valence-corrected chi connectivity index (χ4v) is 2.52. The van der Waals surface area contributed by atoms with E-state index < -0.39 is 0 Å². The van der Waals surface area contributed by atoms with Crippen molar-refractivity contribution in [2.24, 2.45) is 5.73 Å². The minimum Gasteiger partial charge on any atom is -0.324 e. The highest BCUT2D eigenvalue weighted by molar-refractivity contribution is 5.35. The lowest BCUT2D eigenvalue weighted by Gasteiger charge is -2.17. The van der Waals surface area contributed by atoms with E-state index >= 15 is 0 Å². The Balaban J connectivity index is 2.23. The van der Waals surface area contributed by atoms with Crippen LogP contribution in [0.3, 0.4) is 0 Å². The van der Waals surface area contributed by atoms with Crippen molar-refractivity contribution in [3.8, 4) is 0 Å². The molecule has 0 aliphatic heterocycles. The van der Waals surface area contributed by atoms with Crippen molar-refractivity contribution in [2.75, 3.05) is 0 Å². The summed E-state index contributed by atoms with van der Waals surface area (Å²) in [7, 11) is 0. The van der Waals surface area contributed by atoms with Gasteiger partial charge in [-0.2, -0.15) is 0 Å². The van der Waals surface area contributed by atoms with Gasteiger partial charge in [-0.15, -0.1) is 0 Å². The summed E-state index contributed by atoms with van der Waals surface area (Å²) in [5, 5.41) is 0. The predicted octanol–water partition coefficient (Wildman–Crippen LogP) is 4.19. The zero-order chi connectivity index (χ0) is 14.5. The van der Waals surface area contributed by atoms with Crippen molar-refractivity contribution < 1.29 is 4.39 Å². The molecule has 0 fully saturated rings. The van der Waals surface area contributed by atoms with Crippen LogP contribution in [0.5, 0.6) is 0 Å². The molecule has 0 radical (unpaired) electrons. The third kappa shape index (κ3) is 3.45. The molecule has 1 unspecified atom stereocenters. The summed E-state index contributed by atoms with van der Waals surface area (Å²) in [6, 6.07) is 13.1. The molecule has 0 heterocycles. The molecule has 2 rings (SSSR count). The molecule has 1 atom stereocenters. The first kappa shape index (κ1) is 14.7. The van der Waals surface area contributed by atoms with Gasteiger partial charge in [0.15, 0.2) is 0 Å². The molecule has 0 saturated carbocycles. The van der Waals surface area contributed by atoms with Crippen molar-refractivity contribution in [1.29, 1.82) is 0 Å². The van der Waals surface area contributed by atoms with Crippen LogP contribution in [0.4, 0.5) is 4.39 Å². The van der Waals surface area contributed by atoms with Crippen LogP contribution in [-0.4, -0.2) is 0 Å². The van der Waals surface area contributed by atoms with E-state index in [1.807, 2.05) is 12.1 Å². The van der Waals surface area contributed by atoms with Gasteiger partial charge in [-0.1, -0.05) is 44.2 Å². The van der Waals surface area contributed by atoms with Gasteiger partial charge in [0.2, 0.25) is 0 Å². The summed E-state index contributed by atoms with van der Waals surface area (Å²) in [5.41, 5.74) is 11.3. The van der Waals surface area contributed by atoms with Crippen LogP contribution in [0.2, 0.25) is 0 Å². The van der Waals surface area contributed by atoms with Crippen LogP contribution in [0.15, 0.2) is 42.5 Å². The molecular weight excluding hydrogens is 249 g/mol. The second-order valence-electron chi connectivity index (χ2n) is 5.18. The fourth-order valence-electron chi connectivity index (χ4n) is 2.52. The van der Waals surface area contributed by atoms with Gasteiger partial charge in [0, 0.05) is 6.04 Å². The summed E-state index contributed by atoms with van der Waals surface area (Å²) in [6.07, 6.45) is 2.73. The van der Waals surface area contributed by atoms with E-state index in [2.05, 4.69) is 32.0 Å². The van der Waals surface area contributed by atoms with E-state index in [9.17, 15) is 4.39 Å². The second-order valence-corrected chi connectivity index (χ2v) is 5.18. The standard InChI is InChI=1S/C18H22FN/c1-3-13-5-8-15(4-2)17(11-13)18(20)12-14-6-9-16(19)10-7-14/h5-11,18H,3-4,12,20H2,1-2H3. The Bertz CT molecular complexity index is 560. The lowest BCUT2D eigenvalue weighted by Crippen LogP contribution is -2.15. The third-order valence-electron chi connectivity index (χ3n) is 3.77. The zero-order valence-electron chi connectivity index (χ0n) is 12.2. The number of aryl methyl sites for hydroxylation is 2. The number of halogens is 1. The SMILES string of the molecule is CCc1ccc(CC)c(C(N)Cc2ccc(F)cc2)c1. The third-order valence-corrected chi connectivity index (χ3v) is 3.77. The van der Waals surface area contributed by atoms with Crippen LogP contribution < -0.4 is 5.73 Å². The lowest BCUT2D eigenvalue weighted by atomic mass is 9.92. The largest absolute Gasteiger partial charge is 0.324 e. The normalized spacial score (nSPS) is 12.4. The topological polar surface area (TPSA) is 26.0 Å². The maximum absolute atomic E-state index is 12.9. The van der Waals surface area contributed by atoms with E-state index in [0.717, 1.165) is 24.8 Å². The summed E-state index contributed by atoms with van der Waals surface area (Å²) in [6.45, 7) is 4.30. The lowest BCUT2D eigenvalue weighted by molar-refractivity contribution is 0.625. The quantitative estimate of drug-likeness (QED) is 0.867.